The molecule has 0 spiro atoms. The minimum atomic E-state index is -0.284. The second kappa shape index (κ2) is 10.2. The lowest BCUT2D eigenvalue weighted by atomic mass is 10.1. The lowest BCUT2D eigenvalue weighted by Crippen LogP contribution is -2.35. The first-order valence-electron chi connectivity index (χ1n) is 10.8. The number of hydrogen-bond acceptors (Lipinski definition) is 4. The minimum Gasteiger partial charge on any atom is -0.489 e. The Hall–Kier alpha value is -3.44. The van der Waals surface area contributed by atoms with E-state index in [-0.39, 0.29) is 24.3 Å². The van der Waals surface area contributed by atoms with Crippen molar-refractivity contribution in [3.8, 4) is 5.75 Å². The van der Waals surface area contributed by atoms with E-state index >= 15 is 0 Å². The van der Waals surface area contributed by atoms with E-state index < -0.39 is 0 Å². The maximum absolute atomic E-state index is 13.7. The molecule has 3 aromatic carbocycles. The molecule has 1 N–H and O–H groups in total. The van der Waals surface area contributed by atoms with Gasteiger partial charge in [-0.25, -0.2) is 4.39 Å². The van der Waals surface area contributed by atoms with Crippen LogP contribution in [-0.2, 0) is 6.61 Å². The smallest absolute Gasteiger partial charge is 0.185 e. The molecule has 3 aromatic rings. The zero-order chi connectivity index (χ0) is 22.3. The lowest BCUT2D eigenvalue weighted by Gasteiger charge is -2.31. The average Bonchev–Trinajstić information content (AvgIpc) is 2.83. The van der Waals surface area contributed by atoms with E-state index in [1.807, 2.05) is 36.4 Å². The minimum absolute atomic E-state index is 0.0644. The molecule has 4 nitrogen and oxygen atoms in total. The molecule has 0 bridgehead atoms. The fourth-order valence-corrected chi connectivity index (χ4v) is 3.68. The molecule has 0 unspecified atom stereocenters. The van der Waals surface area contributed by atoms with Gasteiger partial charge >= 0.3 is 0 Å². The van der Waals surface area contributed by atoms with Crippen LogP contribution in [0.1, 0.15) is 34.3 Å². The number of allylic oxidation sites excluding steroid dienone is 1. The van der Waals surface area contributed by atoms with Crippen molar-refractivity contribution in [3.05, 3.63) is 101 Å². The zero-order valence-corrected chi connectivity index (χ0v) is 17.8. The normalized spacial score (nSPS) is 14.6. The molecule has 1 aliphatic heterocycles. The van der Waals surface area contributed by atoms with Crippen molar-refractivity contribution >= 4 is 17.5 Å². The predicted octanol–water partition coefficient (Wildman–Crippen LogP) is 5.26. The molecule has 5 heteroatoms. The Morgan fingerprint density at radius 3 is 2.38 bits per heavy atom. The summed E-state index contributed by atoms with van der Waals surface area (Å²) in [5.41, 5.74) is 3.08. The van der Waals surface area contributed by atoms with Crippen LogP contribution in [0.5, 0.6) is 5.75 Å². The van der Waals surface area contributed by atoms with E-state index in [9.17, 15) is 14.3 Å². The van der Waals surface area contributed by atoms with E-state index in [4.69, 9.17) is 4.74 Å². The summed E-state index contributed by atoms with van der Waals surface area (Å²) in [4.78, 5) is 14.7. The topological polar surface area (TPSA) is 49.8 Å². The van der Waals surface area contributed by atoms with Gasteiger partial charge in [-0.2, -0.15) is 0 Å². The van der Waals surface area contributed by atoms with Gasteiger partial charge in [0.25, 0.3) is 0 Å². The Bertz CT molecular complexity index is 1070. The third-order valence-corrected chi connectivity index (χ3v) is 5.64. The summed E-state index contributed by atoms with van der Waals surface area (Å²) in [6.45, 7) is 1.82. The van der Waals surface area contributed by atoms with Crippen molar-refractivity contribution < 1.29 is 19.0 Å². The molecule has 32 heavy (non-hydrogen) atoms. The summed E-state index contributed by atoms with van der Waals surface area (Å²) in [5, 5.41) is 9.64. The molecule has 1 saturated heterocycles. The Morgan fingerprint density at radius 1 is 1.00 bits per heavy atom. The molecule has 0 aromatic heterocycles. The number of rotatable bonds is 7. The number of anilines is 1. The van der Waals surface area contributed by atoms with Crippen LogP contribution in [0, 0.1) is 5.82 Å². The Balaban J connectivity index is 1.31. The number of carbonyl (C=O) groups excluding carboxylic acids is 1. The van der Waals surface area contributed by atoms with Crippen LogP contribution < -0.4 is 9.64 Å². The van der Waals surface area contributed by atoms with Crippen LogP contribution in [0.4, 0.5) is 10.1 Å². The van der Waals surface area contributed by atoms with Crippen LogP contribution >= 0.6 is 0 Å². The standard InChI is InChI=1S/C27H26FNO3/c28-26-4-2-1-3-22(26)19-32-25-12-5-20(6-13-25)7-14-27(31)21-8-10-23(11-9-21)29-17-15-24(30)16-18-29/h1-14,24,30H,15-19H2/b14-7+. The first-order chi connectivity index (χ1) is 15.6. The van der Waals surface area contributed by atoms with Crippen molar-refractivity contribution in [2.75, 3.05) is 18.0 Å². The number of aliphatic hydroxyl groups excluding tert-OH is 1. The van der Waals surface area contributed by atoms with Crippen molar-refractivity contribution in [1.82, 2.24) is 0 Å². The highest BCUT2D eigenvalue weighted by Crippen LogP contribution is 2.21. The highest BCUT2D eigenvalue weighted by Gasteiger charge is 2.17. The highest BCUT2D eigenvalue weighted by atomic mass is 19.1. The molecular weight excluding hydrogens is 405 g/mol. The Kier molecular flexibility index (Phi) is 6.97. The second-order valence-electron chi connectivity index (χ2n) is 7.91. The lowest BCUT2D eigenvalue weighted by molar-refractivity contribution is 0.104. The van der Waals surface area contributed by atoms with Crippen LogP contribution in [0.15, 0.2) is 78.9 Å². The number of hydrogen-bond donors (Lipinski definition) is 1. The van der Waals surface area contributed by atoms with Gasteiger partial charge < -0.3 is 14.7 Å². The third kappa shape index (κ3) is 5.62. The molecule has 0 atom stereocenters. The first-order valence-corrected chi connectivity index (χ1v) is 10.8. The Morgan fingerprint density at radius 2 is 1.69 bits per heavy atom. The first kappa shape index (κ1) is 21.8. The van der Waals surface area contributed by atoms with Gasteiger partial charge in [0.2, 0.25) is 0 Å². The summed E-state index contributed by atoms with van der Waals surface area (Å²) < 4.78 is 19.3. The number of ether oxygens (including phenoxy) is 1. The number of piperidine rings is 1. The largest absolute Gasteiger partial charge is 0.489 e. The molecule has 0 saturated carbocycles. The van der Waals surface area contributed by atoms with Crippen LogP contribution in [0.2, 0.25) is 0 Å². The van der Waals surface area contributed by atoms with Gasteiger partial charge in [0.05, 0.1) is 6.10 Å². The Labute approximate surface area is 187 Å². The summed E-state index contributed by atoms with van der Waals surface area (Å²) in [5.74, 6) is 0.288. The van der Waals surface area contributed by atoms with Gasteiger partial charge in [0.1, 0.15) is 18.2 Å². The molecule has 0 radical (unpaired) electrons. The number of carbonyl (C=O) groups is 1. The van der Waals surface area contributed by atoms with E-state index in [1.54, 1.807) is 42.5 Å². The SMILES string of the molecule is O=C(/C=C/c1ccc(OCc2ccccc2F)cc1)c1ccc(N2CCC(O)CC2)cc1. The maximum atomic E-state index is 13.7. The number of benzene rings is 3. The summed E-state index contributed by atoms with van der Waals surface area (Å²) in [6.07, 6.45) is 4.67. The van der Waals surface area contributed by atoms with Gasteiger partial charge in [0, 0.05) is 29.9 Å². The summed E-state index contributed by atoms with van der Waals surface area (Å²) >= 11 is 0. The van der Waals surface area contributed by atoms with Gasteiger partial charge in [-0.05, 0) is 66.9 Å². The molecule has 1 aliphatic rings. The van der Waals surface area contributed by atoms with E-state index in [0.29, 0.717) is 16.9 Å². The molecule has 0 amide bonds. The molecular formula is C27H26FNO3. The van der Waals surface area contributed by atoms with E-state index in [0.717, 1.165) is 37.2 Å². The molecule has 4 rings (SSSR count). The summed E-state index contributed by atoms with van der Waals surface area (Å²) in [7, 11) is 0. The van der Waals surface area contributed by atoms with Crippen molar-refractivity contribution in [2.45, 2.75) is 25.6 Å². The predicted molar refractivity (Wildman–Crippen MR) is 124 cm³/mol. The van der Waals surface area contributed by atoms with Gasteiger partial charge in [-0.1, -0.05) is 36.4 Å². The van der Waals surface area contributed by atoms with Gasteiger partial charge in [-0.15, -0.1) is 0 Å². The number of halogens is 1. The van der Waals surface area contributed by atoms with Gasteiger partial charge in [0.15, 0.2) is 5.78 Å². The molecule has 0 aliphatic carbocycles. The molecule has 164 valence electrons. The molecule has 1 heterocycles. The van der Waals surface area contributed by atoms with Gasteiger partial charge in [-0.3, -0.25) is 4.79 Å². The maximum Gasteiger partial charge on any atom is 0.185 e. The fourth-order valence-electron chi connectivity index (χ4n) is 3.68. The highest BCUT2D eigenvalue weighted by molar-refractivity contribution is 6.07. The van der Waals surface area contributed by atoms with E-state index in [2.05, 4.69) is 4.90 Å². The number of aliphatic hydroxyl groups is 1. The van der Waals surface area contributed by atoms with E-state index in [1.165, 1.54) is 6.07 Å². The fraction of sp³-hybridized carbons (Fsp3) is 0.222. The molecule has 1 fully saturated rings. The summed E-state index contributed by atoms with van der Waals surface area (Å²) in [6, 6.07) is 21.4. The quantitative estimate of drug-likeness (QED) is 0.409. The average molecular weight is 432 g/mol. The third-order valence-electron chi connectivity index (χ3n) is 5.64. The van der Waals surface area contributed by atoms with Crippen molar-refractivity contribution in [2.24, 2.45) is 0 Å². The van der Waals surface area contributed by atoms with Crippen molar-refractivity contribution in [1.29, 1.82) is 0 Å². The monoisotopic (exact) mass is 431 g/mol. The van der Waals surface area contributed by atoms with Crippen LogP contribution in [-0.4, -0.2) is 30.1 Å². The van der Waals surface area contributed by atoms with Crippen LogP contribution in [0.3, 0.4) is 0 Å². The zero-order valence-electron chi connectivity index (χ0n) is 17.8. The second-order valence-corrected chi connectivity index (χ2v) is 7.91. The van der Waals surface area contributed by atoms with Crippen molar-refractivity contribution in [3.63, 3.8) is 0 Å². The number of nitrogens with zero attached hydrogens (tertiary/aromatic N) is 1. The number of ketones is 1. The van der Waals surface area contributed by atoms with Crippen LogP contribution in [0.25, 0.3) is 6.08 Å².